The third kappa shape index (κ3) is 3.06. The first-order valence-electron chi connectivity index (χ1n) is 4.85. The summed E-state index contributed by atoms with van der Waals surface area (Å²) < 4.78 is 11.2. The van der Waals surface area contributed by atoms with Crippen LogP contribution in [-0.4, -0.2) is 33.6 Å². The maximum atomic E-state index is 11.2. The van der Waals surface area contributed by atoms with E-state index >= 15 is 0 Å². The molecule has 0 amide bonds. The first-order chi connectivity index (χ1) is 6.05. The lowest BCUT2D eigenvalue weighted by molar-refractivity contribution is 0.241. The van der Waals surface area contributed by atoms with Gasteiger partial charge in [-0.15, -0.1) is 0 Å². The number of hydrogen-bond donors (Lipinski definition) is 2. The number of nitrogens with zero attached hydrogens (tertiary/aromatic N) is 1. The molecular weight excluding hydrogens is 189 g/mol. The van der Waals surface area contributed by atoms with Crippen molar-refractivity contribution in [3.05, 3.63) is 0 Å². The van der Waals surface area contributed by atoms with Gasteiger partial charge in [-0.1, -0.05) is 13.3 Å². The average molecular weight is 207 g/mol. The molecule has 0 spiro atoms. The Morgan fingerprint density at radius 3 is 2.31 bits per heavy atom. The van der Waals surface area contributed by atoms with Crippen molar-refractivity contribution in [2.75, 3.05) is 13.1 Å². The van der Waals surface area contributed by atoms with E-state index in [0.717, 1.165) is 32.4 Å². The summed E-state index contributed by atoms with van der Waals surface area (Å²) in [5, 5.41) is 0. The number of rotatable bonds is 4. The molecule has 1 unspecified atom stereocenters. The molecule has 1 fully saturated rings. The lowest BCUT2D eigenvalue weighted by atomic mass is 10.3. The van der Waals surface area contributed by atoms with Gasteiger partial charge in [-0.05, 0) is 32.4 Å². The Morgan fingerprint density at radius 2 is 1.92 bits per heavy atom. The third-order valence-corrected chi connectivity index (χ3v) is 3.86. The second-order valence-electron chi connectivity index (χ2n) is 3.60. The molecule has 0 radical (unpaired) electrons. The van der Waals surface area contributed by atoms with Gasteiger partial charge in [0.15, 0.2) is 0 Å². The van der Waals surface area contributed by atoms with E-state index in [-0.39, 0.29) is 0 Å². The highest BCUT2D eigenvalue weighted by molar-refractivity contribution is 7.52. The van der Waals surface area contributed by atoms with Crippen molar-refractivity contribution in [2.45, 2.75) is 38.4 Å². The number of likely N-dealkylation sites (tertiary alicyclic amines) is 1. The first kappa shape index (κ1) is 11.2. The Labute approximate surface area is 79.1 Å². The molecule has 1 heterocycles. The Kier molecular flexibility index (Phi) is 3.92. The van der Waals surface area contributed by atoms with Gasteiger partial charge in [0.1, 0.15) is 5.78 Å². The summed E-state index contributed by atoms with van der Waals surface area (Å²) in [5.41, 5.74) is 0. The Morgan fingerprint density at radius 1 is 1.38 bits per heavy atom. The van der Waals surface area contributed by atoms with Crippen LogP contribution in [0.25, 0.3) is 0 Å². The van der Waals surface area contributed by atoms with E-state index in [1.54, 1.807) is 0 Å². The Balaban J connectivity index is 2.61. The minimum atomic E-state index is -3.92. The normalized spacial score (nSPS) is 22.1. The van der Waals surface area contributed by atoms with Gasteiger partial charge in [0.05, 0.1) is 0 Å². The lowest BCUT2D eigenvalue weighted by Gasteiger charge is -2.27. The van der Waals surface area contributed by atoms with Gasteiger partial charge in [0.2, 0.25) is 0 Å². The zero-order chi connectivity index (χ0) is 9.90. The first-order valence-corrected chi connectivity index (χ1v) is 6.53. The van der Waals surface area contributed by atoms with E-state index in [1.165, 1.54) is 0 Å². The second-order valence-corrected chi connectivity index (χ2v) is 5.38. The van der Waals surface area contributed by atoms with Crippen molar-refractivity contribution in [1.82, 2.24) is 4.90 Å². The summed E-state index contributed by atoms with van der Waals surface area (Å²) in [6.45, 7) is 3.64. The molecule has 0 aliphatic carbocycles. The van der Waals surface area contributed by atoms with Gasteiger partial charge < -0.3 is 9.79 Å². The van der Waals surface area contributed by atoms with Gasteiger partial charge in [0.25, 0.3) is 0 Å². The molecule has 0 aromatic rings. The van der Waals surface area contributed by atoms with Crippen molar-refractivity contribution in [1.29, 1.82) is 0 Å². The smallest absolute Gasteiger partial charge is 0.323 e. The van der Waals surface area contributed by atoms with Crippen LogP contribution in [0, 0.1) is 0 Å². The third-order valence-electron chi connectivity index (χ3n) is 2.50. The average Bonchev–Trinajstić information content (AvgIpc) is 2.49. The standard InChI is InChI=1S/C8H18NO3P/c1-2-5-8(13(10,11)12)9-6-3-4-7-9/h8H,2-7H2,1H3,(H2,10,11,12). The van der Waals surface area contributed by atoms with E-state index in [0.29, 0.717) is 6.42 Å². The van der Waals surface area contributed by atoms with Gasteiger partial charge in [-0.3, -0.25) is 9.46 Å². The highest BCUT2D eigenvalue weighted by Gasteiger charge is 2.34. The van der Waals surface area contributed by atoms with Crippen LogP contribution in [0.3, 0.4) is 0 Å². The molecule has 0 aromatic carbocycles. The van der Waals surface area contributed by atoms with Crippen LogP contribution in [0.5, 0.6) is 0 Å². The fourth-order valence-electron chi connectivity index (χ4n) is 1.86. The predicted molar refractivity (Wildman–Crippen MR) is 51.5 cm³/mol. The van der Waals surface area contributed by atoms with Crippen LogP contribution in [0.4, 0.5) is 0 Å². The Hall–Kier alpha value is 0.110. The zero-order valence-corrected chi connectivity index (χ0v) is 8.91. The fourth-order valence-corrected chi connectivity index (χ4v) is 3.11. The van der Waals surface area contributed by atoms with Gasteiger partial charge in [-0.2, -0.15) is 0 Å². The van der Waals surface area contributed by atoms with Crippen LogP contribution < -0.4 is 0 Å². The molecule has 1 rings (SSSR count). The minimum Gasteiger partial charge on any atom is -0.323 e. The van der Waals surface area contributed by atoms with Crippen molar-refractivity contribution in [2.24, 2.45) is 0 Å². The summed E-state index contributed by atoms with van der Waals surface area (Å²) in [7, 11) is -3.92. The van der Waals surface area contributed by atoms with Gasteiger partial charge >= 0.3 is 7.60 Å². The van der Waals surface area contributed by atoms with Crippen molar-refractivity contribution < 1.29 is 14.4 Å². The highest BCUT2D eigenvalue weighted by Crippen LogP contribution is 2.46. The molecule has 1 aliphatic rings. The zero-order valence-electron chi connectivity index (χ0n) is 8.02. The van der Waals surface area contributed by atoms with Crippen LogP contribution in [0.2, 0.25) is 0 Å². The van der Waals surface area contributed by atoms with Gasteiger partial charge in [0, 0.05) is 0 Å². The number of hydrogen-bond acceptors (Lipinski definition) is 2. The molecule has 1 saturated heterocycles. The largest absolute Gasteiger partial charge is 0.342 e. The van der Waals surface area contributed by atoms with E-state index < -0.39 is 13.4 Å². The van der Waals surface area contributed by atoms with Crippen LogP contribution >= 0.6 is 7.60 Å². The quantitative estimate of drug-likeness (QED) is 0.684. The van der Waals surface area contributed by atoms with Crippen LogP contribution in [-0.2, 0) is 4.57 Å². The molecule has 1 atom stereocenters. The van der Waals surface area contributed by atoms with Crippen molar-refractivity contribution in [3.8, 4) is 0 Å². The van der Waals surface area contributed by atoms with E-state index in [1.807, 2.05) is 11.8 Å². The molecule has 78 valence electrons. The molecular formula is C8H18NO3P. The highest BCUT2D eigenvalue weighted by atomic mass is 31.2. The molecule has 13 heavy (non-hydrogen) atoms. The van der Waals surface area contributed by atoms with Crippen molar-refractivity contribution >= 4 is 7.60 Å². The minimum absolute atomic E-state index is 0.528. The van der Waals surface area contributed by atoms with E-state index in [9.17, 15) is 4.57 Å². The van der Waals surface area contributed by atoms with Crippen LogP contribution in [0.15, 0.2) is 0 Å². The Bertz CT molecular complexity index is 198. The molecule has 0 aromatic heterocycles. The van der Waals surface area contributed by atoms with E-state index in [2.05, 4.69) is 0 Å². The fraction of sp³-hybridized carbons (Fsp3) is 1.00. The van der Waals surface area contributed by atoms with Crippen molar-refractivity contribution in [3.63, 3.8) is 0 Å². The predicted octanol–water partition coefficient (Wildman–Crippen LogP) is 1.39. The molecule has 4 nitrogen and oxygen atoms in total. The summed E-state index contributed by atoms with van der Waals surface area (Å²) in [6, 6.07) is 0. The second kappa shape index (κ2) is 4.56. The lowest BCUT2D eigenvalue weighted by Crippen LogP contribution is -2.32. The summed E-state index contributed by atoms with van der Waals surface area (Å²) in [6.07, 6.45) is 3.57. The summed E-state index contributed by atoms with van der Waals surface area (Å²) >= 11 is 0. The molecule has 1 aliphatic heterocycles. The SMILES string of the molecule is CCCC(N1CCCC1)P(=O)(O)O. The molecule has 0 bridgehead atoms. The topological polar surface area (TPSA) is 60.8 Å². The maximum Gasteiger partial charge on any atom is 0.342 e. The monoisotopic (exact) mass is 207 g/mol. The summed E-state index contributed by atoms with van der Waals surface area (Å²) in [5.74, 6) is -0.528. The van der Waals surface area contributed by atoms with Crippen LogP contribution in [0.1, 0.15) is 32.6 Å². The molecule has 2 N–H and O–H groups in total. The van der Waals surface area contributed by atoms with Gasteiger partial charge in [-0.25, -0.2) is 0 Å². The maximum absolute atomic E-state index is 11.2. The molecule has 5 heteroatoms. The van der Waals surface area contributed by atoms with E-state index in [4.69, 9.17) is 9.79 Å². The summed E-state index contributed by atoms with van der Waals surface area (Å²) in [4.78, 5) is 20.2. The molecule has 0 saturated carbocycles.